The van der Waals surface area contributed by atoms with Crippen LogP contribution in [0.2, 0.25) is 0 Å². The first kappa shape index (κ1) is 13.9. The largest absolute Gasteiger partial charge is 0.332 e. The van der Waals surface area contributed by atoms with E-state index in [9.17, 15) is 4.79 Å². The molecule has 0 saturated carbocycles. The molecule has 3 aromatic rings. The third-order valence-electron chi connectivity index (χ3n) is 4.44. The van der Waals surface area contributed by atoms with Gasteiger partial charge in [-0.3, -0.25) is 14.5 Å². The molecule has 1 atom stereocenters. The van der Waals surface area contributed by atoms with Gasteiger partial charge in [0, 0.05) is 18.1 Å². The van der Waals surface area contributed by atoms with Crippen LogP contribution in [0.4, 0.5) is 0 Å². The van der Waals surface area contributed by atoms with Crippen molar-refractivity contribution in [1.82, 2.24) is 19.7 Å². The van der Waals surface area contributed by atoms with Crippen molar-refractivity contribution >= 4 is 16.8 Å². The topological polar surface area (TPSA) is 51.0 Å². The van der Waals surface area contributed by atoms with Gasteiger partial charge >= 0.3 is 0 Å². The molecular weight excluding hydrogens is 288 g/mol. The number of nitrogens with zero attached hydrogens (tertiary/aromatic N) is 4. The van der Waals surface area contributed by atoms with Gasteiger partial charge in [0.15, 0.2) is 0 Å². The molecule has 0 spiro atoms. The van der Waals surface area contributed by atoms with E-state index in [2.05, 4.69) is 10.1 Å². The SMILES string of the molecule is O=C(Cn1ncc2ccccc21)N1CCC[C@H]1c1ccccn1. The Morgan fingerprint density at radius 3 is 2.91 bits per heavy atom. The maximum absolute atomic E-state index is 12.8. The van der Waals surface area contributed by atoms with Crippen LogP contribution in [0.25, 0.3) is 10.9 Å². The van der Waals surface area contributed by atoms with Crippen LogP contribution in [0, 0.1) is 0 Å². The molecule has 0 aliphatic carbocycles. The molecule has 1 amide bonds. The minimum atomic E-state index is 0.0885. The Hall–Kier alpha value is -2.69. The van der Waals surface area contributed by atoms with Crippen molar-refractivity contribution in [2.24, 2.45) is 0 Å². The molecule has 4 rings (SSSR count). The Bertz CT molecular complexity index is 827. The van der Waals surface area contributed by atoms with E-state index in [1.54, 1.807) is 10.9 Å². The summed E-state index contributed by atoms with van der Waals surface area (Å²) in [5, 5.41) is 5.42. The highest BCUT2D eigenvalue weighted by atomic mass is 16.2. The number of aromatic nitrogens is 3. The minimum absolute atomic E-state index is 0.0885. The van der Waals surface area contributed by atoms with Gasteiger partial charge in [-0.05, 0) is 31.0 Å². The van der Waals surface area contributed by atoms with Crippen LogP contribution in [0.5, 0.6) is 0 Å². The van der Waals surface area contributed by atoms with Gasteiger partial charge in [-0.1, -0.05) is 24.3 Å². The monoisotopic (exact) mass is 306 g/mol. The van der Waals surface area contributed by atoms with Crippen molar-refractivity contribution in [3.8, 4) is 0 Å². The maximum Gasteiger partial charge on any atom is 0.244 e. The first-order valence-electron chi connectivity index (χ1n) is 7.94. The zero-order valence-corrected chi connectivity index (χ0v) is 12.8. The average Bonchev–Trinajstić information content (AvgIpc) is 3.23. The number of likely N-dealkylation sites (tertiary alicyclic amines) is 1. The molecule has 0 N–H and O–H groups in total. The number of para-hydroxylation sites is 1. The van der Waals surface area contributed by atoms with Crippen molar-refractivity contribution in [1.29, 1.82) is 0 Å². The second-order valence-electron chi connectivity index (χ2n) is 5.86. The van der Waals surface area contributed by atoms with Gasteiger partial charge in [-0.15, -0.1) is 0 Å². The fourth-order valence-corrected chi connectivity index (χ4v) is 3.32. The number of hydrogen-bond acceptors (Lipinski definition) is 3. The van der Waals surface area contributed by atoms with E-state index in [1.807, 2.05) is 53.6 Å². The highest BCUT2D eigenvalue weighted by Crippen LogP contribution is 2.30. The fraction of sp³-hybridized carbons (Fsp3) is 0.278. The summed E-state index contributed by atoms with van der Waals surface area (Å²) in [6, 6.07) is 13.9. The van der Waals surface area contributed by atoms with E-state index in [0.29, 0.717) is 0 Å². The molecule has 1 aliphatic heterocycles. The van der Waals surface area contributed by atoms with Crippen LogP contribution in [0.15, 0.2) is 54.9 Å². The van der Waals surface area contributed by atoms with Crippen molar-refractivity contribution in [3.63, 3.8) is 0 Å². The van der Waals surface area contributed by atoms with E-state index in [-0.39, 0.29) is 18.5 Å². The summed E-state index contributed by atoms with van der Waals surface area (Å²) in [6.45, 7) is 1.07. The van der Waals surface area contributed by atoms with Crippen molar-refractivity contribution in [2.45, 2.75) is 25.4 Å². The van der Waals surface area contributed by atoms with Crippen LogP contribution in [-0.4, -0.2) is 32.1 Å². The molecule has 3 heterocycles. The number of carbonyl (C=O) groups excluding carboxylic acids is 1. The molecule has 1 aromatic carbocycles. The summed E-state index contributed by atoms with van der Waals surface area (Å²) in [6.07, 6.45) is 5.59. The van der Waals surface area contributed by atoms with Crippen molar-refractivity contribution < 1.29 is 4.79 Å². The van der Waals surface area contributed by atoms with Gasteiger partial charge in [-0.25, -0.2) is 0 Å². The van der Waals surface area contributed by atoms with Crippen LogP contribution in [0.1, 0.15) is 24.6 Å². The predicted molar refractivity (Wildman–Crippen MR) is 87.7 cm³/mol. The van der Waals surface area contributed by atoms with E-state index in [4.69, 9.17) is 0 Å². The number of carbonyl (C=O) groups is 1. The van der Waals surface area contributed by atoms with Crippen LogP contribution >= 0.6 is 0 Å². The highest BCUT2D eigenvalue weighted by Gasteiger charge is 2.30. The first-order chi connectivity index (χ1) is 11.3. The third kappa shape index (κ3) is 2.59. The molecule has 1 fully saturated rings. The molecule has 0 bridgehead atoms. The summed E-state index contributed by atoms with van der Waals surface area (Å²) in [7, 11) is 0. The molecule has 116 valence electrons. The van der Waals surface area contributed by atoms with E-state index in [0.717, 1.165) is 36.0 Å². The lowest BCUT2D eigenvalue weighted by Crippen LogP contribution is -2.34. The predicted octanol–water partition coefficient (Wildman–Crippen LogP) is 2.80. The second-order valence-corrected chi connectivity index (χ2v) is 5.86. The zero-order chi connectivity index (χ0) is 15.6. The second kappa shape index (κ2) is 5.83. The number of amides is 1. The Balaban J connectivity index is 1.56. The molecule has 1 aliphatic rings. The highest BCUT2D eigenvalue weighted by molar-refractivity contribution is 5.82. The molecule has 0 radical (unpaired) electrons. The van der Waals surface area contributed by atoms with Crippen molar-refractivity contribution in [2.75, 3.05) is 6.54 Å². The molecule has 2 aromatic heterocycles. The number of benzene rings is 1. The number of rotatable bonds is 3. The minimum Gasteiger partial charge on any atom is -0.332 e. The maximum atomic E-state index is 12.8. The summed E-state index contributed by atoms with van der Waals surface area (Å²) >= 11 is 0. The van der Waals surface area contributed by atoms with Gasteiger partial charge in [-0.2, -0.15) is 5.10 Å². The molecule has 1 saturated heterocycles. The quantitative estimate of drug-likeness (QED) is 0.747. The lowest BCUT2D eigenvalue weighted by Gasteiger charge is -2.24. The third-order valence-corrected chi connectivity index (χ3v) is 4.44. The number of pyridine rings is 1. The van der Waals surface area contributed by atoms with Crippen LogP contribution < -0.4 is 0 Å². The van der Waals surface area contributed by atoms with E-state index in [1.165, 1.54) is 0 Å². The lowest BCUT2D eigenvalue weighted by atomic mass is 10.1. The molecule has 5 heteroatoms. The Labute approximate surface area is 134 Å². The zero-order valence-electron chi connectivity index (χ0n) is 12.8. The standard InChI is InChI=1S/C18H18N4O/c23-18(13-22-16-8-2-1-6-14(16)12-20-22)21-11-5-9-17(21)15-7-3-4-10-19-15/h1-4,6-8,10,12,17H,5,9,11,13H2/t17-/m0/s1. The normalized spacial score (nSPS) is 17.7. The summed E-state index contributed by atoms with van der Waals surface area (Å²) < 4.78 is 1.78. The molecule has 5 nitrogen and oxygen atoms in total. The van der Waals surface area contributed by atoms with Gasteiger partial charge in [0.05, 0.1) is 23.4 Å². The summed E-state index contributed by atoms with van der Waals surface area (Å²) in [5.41, 5.74) is 1.97. The Kier molecular flexibility index (Phi) is 3.54. The van der Waals surface area contributed by atoms with Gasteiger partial charge < -0.3 is 4.90 Å². The molecule has 23 heavy (non-hydrogen) atoms. The smallest absolute Gasteiger partial charge is 0.244 e. The van der Waals surface area contributed by atoms with Crippen LogP contribution in [0.3, 0.4) is 0 Å². The van der Waals surface area contributed by atoms with Crippen molar-refractivity contribution in [3.05, 3.63) is 60.6 Å². The summed E-state index contributed by atoms with van der Waals surface area (Å²) in [4.78, 5) is 19.1. The lowest BCUT2D eigenvalue weighted by molar-refractivity contribution is -0.133. The van der Waals surface area contributed by atoms with E-state index < -0.39 is 0 Å². The number of fused-ring (bicyclic) bond motifs is 1. The first-order valence-corrected chi connectivity index (χ1v) is 7.94. The summed E-state index contributed by atoms with van der Waals surface area (Å²) in [5.74, 6) is 0.104. The average molecular weight is 306 g/mol. The van der Waals surface area contributed by atoms with Gasteiger partial charge in [0.1, 0.15) is 6.54 Å². The fourth-order valence-electron chi connectivity index (χ4n) is 3.32. The number of hydrogen-bond donors (Lipinski definition) is 0. The Morgan fingerprint density at radius 1 is 1.17 bits per heavy atom. The molecule has 0 unspecified atom stereocenters. The molecular formula is C18H18N4O. The van der Waals surface area contributed by atoms with Gasteiger partial charge in [0.25, 0.3) is 0 Å². The van der Waals surface area contributed by atoms with E-state index >= 15 is 0 Å². The Morgan fingerprint density at radius 2 is 2.04 bits per heavy atom. The van der Waals surface area contributed by atoms with Crippen LogP contribution in [-0.2, 0) is 11.3 Å². The van der Waals surface area contributed by atoms with Gasteiger partial charge in [0.2, 0.25) is 5.91 Å².